The number of carbonyl (C=O) groups is 1. The molecule has 0 amide bonds. The minimum Gasteiger partial charge on any atom is -0.469 e. The van der Waals surface area contributed by atoms with Crippen LogP contribution in [0.1, 0.15) is 24.0 Å². The maximum absolute atomic E-state index is 11.0. The van der Waals surface area contributed by atoms with Gasteiger partial charge in [0.05, 0.1) is 7.11 Å². The lowest BCUT2D eigenvalue weighted by atomic mass is 10.1. The van der Waals surface area contributed by atoms with E-state index >= 15 is 0 Å². The Kier molecular flexibility index (Phi) is 8.28. The van der Waals surface area contributed by atoms with Gasteiger partial charge in [0, 0.05) is 18.7 Å². The monoisotopic (exact) mass is 354 g/mol. The highest BCUT2D eigenvalue weighted by Crippen LogP contribution is 2.15. The summed E-state index contributed by atoms with van der Waals surface area (Å²) in [5, 5.41) is 6.87. The van der Waals surface area contributed by atoms with E-state index in [0.717, 1.165) is 11.3 Å². The van der Waals surface area contributed by atoms with Crippen molar-refractivity contribution in [2.75, 3.05) is 19.0 Å². The van der Waals surface area contributed by atoms with E-state index in [-0.39, 0.29) is 5.97 Å². The average molecular weight is 355 g/mol. The van der Waals surface area contributed by atoms with Crippen LogP contribution in [0.5, 0.6) is 0 Å². The summed E-state index contributed by atoms with van der Waals surface area (Å²) >= 11 is 10.3. The molecule has 1 aromatic carbocycles. The fraction of sp³-hybridized carbons (Fsp3) is 0.400. The Morgan fingerprint density at radius 1 is 1.17 bits per heavy atom. The summed E-state index contributed by atoms with van der Waals surface area (Å²) in [7, 11) is 1.37. The number of aryl methyl sites for hydroxylation is 2. The molecule has 0 bridgehead atoms. The molecule has 0 aliphatic carbocycles. The molecule has 0 aliphatic heterocycles. The van der Waals surface area contributed by atoms with Gasteiger partial charge in [-0.05, 0) is 56.3 Å². The average Bonchev–Trinajstić information content (AvgIpc) is 2.52. The highest BCUT2D eigenvalue weighted by molar-refractivity contribution is 7.80. The molecule has 0 radical (unpaired) electrons. The molecule has 0 spiro atoms. The lowest BCUT2D eigenvalue weighted by Gasteiger charge is -2.15. The second-order valence-electron chi connectivity index (χ2n) is 4.96. The molecule has 126 valence electrons. The molecular weight excluding hydrogens is 332 g/mol. The Bertz CT molecular complexity index is 579. The number of hydrogen-bond donors (Lipinski definition) is 4. The van der Waals surface area contributed by atoms with Gasteiger partial charge in [-0.3, -0.25) is 15.6 Å². The quantitative estimate of drug-likeness (QED) is 0.277. The minimum atomic E-state index is -0.234. The highest BCUT2D eigenvalue weighted by Gasteiger charge is 2.03. The number of hydrogen-bond acceptors (Lipinski definition) is 4. The summed E-state index contributed by atoms with van der Waals surface area (Å²) in [6.07, 6.45) is 0.992. The predicted molar refractivity (Wildman–Crippen MR) is 100 cm³/mol. The molecule has 0 saturated carbocycles. The fourth-order valence-corrected chi connectivity index (χ4v) is 2.12. The summed E-state index contributed by atoms with van der Waals surface area (Å²) < 4.78 is 4.56. The highest BCUT2D eigenvalue weighted by atomic mass is 32.1. The largest absolute Gasteiger partial charge is 0.469 e. The summed E-state index contributed by atoms with van der Waals surface area (Å²) in [5.41, 5.74) is 8.84. The van der Waals surface area contributed by atoms with Crippen molar-refractivity contribution in [1.82, 2.24) is 16.2 Å². The second-order valence-corrected chi connectivity index (χ2v) is 5.77. The first-order chi connectivity index (χ1) is 10.9. The van der Waals surface area contributed by atoms with Crippen molar-refractivity contribution >= 4 is 46.3 Å². The molecular formula is C15H22N4O2S2. The normalized spacial score (nSPS) is 9.70. The third-order valence-electron chi connectivity index (χ3n) is 2.99. The number of benzene rings is 1. The van der Waals surface area contributed by atoms with E-state index in [2.05, 4.69) is 32.3 Å². The first-order valence-electron chi connectivity index (χ1n) is 7.17. The SMILES string of the molecule is COC(=O)CCCNC(=S)NNC(=S)Nc1ccc(C)cc1C. The number of esters is 1. The van der Waals surface area contributed by atoms with E-state index in [1.165, 1.54) is 12.7 Å². The number of ether oxygens (including phenoxy) is 1. The zero-order chi connectivity index (χ0) is 17.2. The molecule has 0 aliphatic rings. The van der Waals surface area contributed by atoms with Crippen LogP contribution < -0.4 is 21.5 Å². The summed E-state index contributed by atoms with van der Waals surface area (Å²) in [6, 6.07) is 6.06. The first kappa shape index (κ1) is 19.1. The lowest BCUT2D eigenvalue weighted by molar-refractivity contribution is -0.140. The molecule has 0 saturated heterocycles. The Hall–Kier alpha value is -1.93. The summed E-state index contributed by atoms with van der Waals surface area (Å²) in [6.45, 7) is 4.62. The van der Waals surface area contributed by atoms with Crippen LogP contribution in [0.2, 0.25) is 0 Å². The molecule has 0 heterocycles. The van der Waals surface area contributed by atoms with Gasteiger partial charge >= 0.3 is 5.97 Å². The summed E-state index contributed by atoms with van der Waals surface area (Å²) in [4.78, 5) is 11.0. The van der Waals surface area contributed by atoms with Crippen LogP contribution in [-0.2, 0) is 9.53 Å². The Labute approximate surface area is 147 Å². The predicted octanol–water partition coefficient (Wildman–Crippen LogP) is 1.92. The molecule has 1 aromatic rings. The number of methoxy groups -OCH3 is 1. The molecule has 0 unspecified atom stereocenters. The van der Waals surface area contributed by atoms with Gasteiger partial charge in [-0.25, -0.2) is 0 Å². The van der Waals surface area contributed by atoms with E-state index in [1.807, 2.05) is 26.0 Å². The van der Waals surface area contributed by atoms with Crippen LogP contribution in [0.15, 0.2) is 18.2 Å². The van der Waals surface area contributed by atoms with Crippen LogP contribution in [0.4, 0.5) is 5.69 Å². The van der Waals surface area contributed by atoms with Crippen molar-refractivity contribution < 1.29 is 9.53 Å². The Morgan fingerprint density at radius 3 is 2.52 bits per heavy atom. The minimum absolute atomic E-state index is 0.234. The summed E-state index contributed by atoms with van der Waals surface area (Å²) in [5.74, 6) is -0.234. The molecule has 8 heteroatoms. The van der Waals surface area contributed by atoms with Crippen LogP contribution >= 0.6 is 24.4 Å². The van der Waals surface area contributed by atoms with Gasteiger partial charge < -0.3 is 15.4 Å². The molecule has 1 rings (SSSR count). The van der Waals surface area contributed by atoms with Gasteiger partial charge in [0.2, 0.25) is 0 Å². The van der Waals surface area contributed by atoms with E-state index in [0.29, 0.717) is 29.6 Å². The first-order valence-corrected chi connectivity index (χ1v) is 7.99. The van der Waals surface area contributed by atoms with Gasteiger partial charge in [-0.15, -0.1) is 0 Å². The van der Waals surface area contributed by atoms with Crippen LogP contribution in [0, 0.1) is 13.8 Å². The van der Waals surface area contributed by atoms with Crippen molar-refractivity contribution in [3.8, 4) is 0 Å². The van der Waals surface area contributed by atoms with Gasteiger partial charge in [-0.2, -0.15) is 0 Å². The molecule has 0 atom stereocenters. The van der Waals surface area contributed by atoms with E-state index < -0.39 is 0 Å². The van der Waals surface area contributed by atoms with Crippen molar-refractivity contribution in [2.45, 2.75) is 26.7 Å². The van der Waals surface area contributed by atoms with Crippen LogP contribution in [0.3, 0.4) is 0 Å². The van der Waals surface area contributed by atoms with Crippen LogP contribution in [-0.4, -0.2) is 29.8 Å². The number of hydrazine groups is 1. The van der Waals surface area contributed by atoms with E-state index in [4.69, 9.17) is 24.4 Å². The van der Waals surface area contributed by atoms with Gasteiger partial charge in [0.1, 0.15) is 0 Å². The maximum atomic E-state index is 11.0. The number of thiocarbonyl (C=S) groups is 2. The second kappa shape index (κ2) is 9.96. The molecule has 6 nitrogen and oxygen atoms in total. The van der Waals surface area contributed by atoms with Crippen molar-refractivity contribution in [3.05, 3.63) is 29.3 Å². The van der Waals surface area contributed by atoms with E-state index in [1.54, 1.807) is 0 Å². The maximum Gasteiger partial charge on any atom is 0.305 e. The van der Waals surface area contributed by atoms with E-state index in [9.17, 15) is 4.79 Å². The number of carbonyl (C=O) groups excluding carboxylic acids is 1. The van der Waals surface area contributed by atoms with Gasteiger partial charge in [-0.1, -0.05) is 17.7 Å². The molecule has 0 aromatic heterocycles. The standard InChI is InChI=1S/C15H22N4O2S2/c1-10-6-7-12(11(2)9-10)17-15(23)19-18-14(22)16-8-4-5-13(20)21-3/h6-7,9H,4-5,8H2,1-3H3,(H2,16,18,22)(H2,17,19,23). The van der Waals surface area contributed by atoms with Gasteiger partial charge in [0.25, 0.3) is 0 Å². The number of rotatable bonds is 5. The van der Waals surface area contributed by atoms with Crippen molar-refractivity contribution in [3.63, 3.8) is 0 Å². The topological polar surface area (TPSA) is 74.4 Å². The Balaban J connectivity index is 2.25. The fourth-order valence-electron chi connectivity index (χ4n) is 1.80. The molecule has 4 N–H and O–H groups in total. The molecule has 23 heavy (non-hydrogen) atoms. The third kappa shape index (κ3) is 7.75. The van der Waals surface area contributed by atoms with Gasteiger partial charge in [0.15, 0.2) is 10.2 Å². The smallest absolute Gasteiger partial charge is 0.305 e. The number of nitrogens with one attached hydrogen (secondary N) is 4. The third-order valence-corrected chi connectivity index (χ3v) is 3.44. The van der Waals surface area contributed by atoms with Crippen molar-refractivity contribution in [1.29, 1.82) is 0 Å². The zero-order valence-corrected chi connectivity index (χ0v) is 15.1. The van der Waals surface area contributed by atoms with Crippen molar-refractivity contribution in [2.24, 2.45) is 0 Å². The van der Waals surface area contributed by atoms with Crippen LogP contribution in [0.25, 0.3) is 0 Å². The molecule has 0 fully saturated rings. The Morgan fingerprint density at radius 2 is 1.87 bits per heavy atom. The lowest BCUT2D eigenvalue weighted by Crippen LogP contribution is -2.48. The zero-order valence-electron chi connectivity index (χ0n) is 13.5. The number of anilines is 1.